The third-order valence-corrected chi connectivity index (χ3v) is 6.35. The molecule has 39 heavy (non-hydrogen) atoms. The van der Waals surface area contributed by atoms with E-state index >= 15 is 0 Å². The van der Waals surface area contributed by atoms with Gasteiger partial charge in [0.2, 0.25) is 0 Å². The molecule has 1 amide bonds. The number of aromatic nitrogens is 2. The lowest BCUT2D eigenvalue weighted by molar-refractivity contribution is -0.192. The average Bonchev–Trinajstić information content (AvgIpc) is 3.09. The van der Waals surface area contributed by atoms with Crippen molar-refractivity contribution in [3.63, 3.8) is 0 Å². The van der Waals surface area contributed by atoms with Crippen LogP contribution in [0.15, 0.2) is 46.9 Å². The van der Waals surface area contributed by atoms with Crippen LogP contribution in [0, 0.1) is 13.8 Å². The number of aromatic carboxylic acids is 1. The maximum absolute atomic E-state index is 12.5. The van der Waals surface area contributed by atoms with Crippen LogP contribution in [-0.2, 0) is 18.3 Å². The SMILES string of the molecule is Cc1nn(C)c(C)c1CCCN(C)c1ccc(NC(=O)c2ccc(Br)cc2)cc1C(=O)O.O=C(O)C(F)(F)F. The second-order valence-electron chi connectivity index (χ2n) is 8.60. The van der Waals surface area contributed by atoms with Gasteiger partial charge in [0.05, 0.1) is 16.9 Å². The lowest BCUT2D eigenvalue weighted by Crippen LogP contribution is -2.22. The second kappa shape index (κ2) is 13.3. The van der Waals surface area contributed by atoms with E-state index in [1.54, 1.807) is 36.4 Å². The molecule has 0 unspecified atom stereocenters. The fourth-order valence-electron chi connectivity index (χ4n) is 3.72. The molecular weight excluding hydrogens is 585 g/mol. The van der Waals surface area contributed by atoms with Crippen LogP contribution in [0.4, 0.5) is 24.5 Å². The third-order valence-electron chi connectivity index (χ3n) is 5.82. The monoisotopic (exact) mass is 612 g/mol. The normalized spacial score (nSPS) is 10.9. The average molecular weight is 613 g/mol. The molecule has 13 heteroatoms. The van der Waals surface area contributed by atoms with Gasteiger partial charge in [-0.15, -0.1) is 0 Å². The number of amides is 1. The van der Waals surface area contributed by atoms with Gasteiger partial charge in [0.15, 0.2) is 0 Å². The van der Waals surface area contributed by atoms with Crippen molar-refractivity contribution in [1.82, 2.24) is 9.78 Å². The summed E-state index contributed by atoms with van der Waals surface area (Å²) in [4.78, 5) is 35.2. The Morgan fingerprint density at radius 2 is 1.67 bits per heavy atom. The summed E-state index contributed by atoms with van der Waals surface area (Å²) in [5, 5.41) is 24.1. The van der Waals surface area contributed by atoms with Crippen LogP contribution in [-0.4, -0.2) is 57.6 Å². The highest BCUT2D eigenvalue weighted by Gasteiger charge is 2.38. The Kier molecular flexibility index (Phi) is 10.7. The Balaban J connectivity index is 0.000000673. The molecule has 0 fully saturated rings. The number of carboxylic acid groups (broad SMARTS) is 2. The molecule has 3 rings (SSSR count). The van der Waals surface area contributed by atoms with Gasteiger partial charge in [0, 0.05) is 42.1 Å². The summed E-state index contributed by atoms with van der Waals surface area (Å²) in [6.45, 7) is 4.76. The molecule has 2 aromatic carbocycles. The first-order valence-corrected chi connectivity index (χ1v) is 12.4. The summed E-state index contributed by atoms with van der Waals surface area (Å²) in [7, 11) is 3.82. The molecule has 0 bridgehead atoms. The van der Waals surface area contributed by atoms with Gasteiger partial charge in [0.25, 0.3) is 5.91 Å². The number of hydrogen-bond donors (Lipinski definition) is 3. The molecule has 210 valence electrons. The van der Waals surface area contributed by atoms with Gasteiger partial charge in [-0.3, -0.25) is 9.48 Å². The summed E-state index contributed by atoms with van der Waals surface area (Å²) >= 11 is 3.34. The van der Waals surface area contributed by atoms with Gasteiger partial charge in [-0.1, -0.05) is 15.9 Å². The lowest BCUT2D eigenvalue weighted by Gasteiger charge is -2.22. The van der Waals surface area contributed by atoms with Gasteiger partial charge >= 0.3 is 18.1 Å². The number of aryl methyl sites for hydroxylation is 2. The van der Waals surface area contributed by atoms with Crippen LogP contribution in [0.25, 0.3) is 0 Å². The molecule has 0 aliphatic heterocycles. The minimum absolute atomic E-state index is 0.148. The van der Waals surface area contributed by atoms with Gasteiger partial charge in [-0.05, 0) is 74.7 Å². The highest BCUT2D eigenvalue weighted by Crippen LogP contribution is 2.25. The van der Waals surface area contributed by atoms with E-state index in [0.29, 0.717) is 23.5 Å². The number of nitrogens with one attached hydrogen (secondary N) is 1. The van der Waals surface area contributed by atoms with Crippen molar-refractivity contribution in [3.05, 3.63) is 75.0 Å². The molecule has 0 radical (unpaired) electrons. The number of benzene rings is 2. The zero-order valence-electron chi connectivity index (χ0n) is 21.6. The Hall–Kier alpha value is -3.87. The van der Waals surface area contributed by atoms with Crippen molar-refractivity contribution >= 4 is 45.2 Å². The van der Waals surface area contributed by atoms with Crippen LogP contribution in [0.1, 0.15) is 44.1 Å². The predicted molar refractivity (Wildman–Crippen MR) is 143 cm³/mol. The van der Waals surface area contributed by atoms with Crippen molar-refractivity contribution in [2.75, 3.05) is 23.8 Å². The van der Waals surface area contributed by atoms with Crippen LogP contribution in [0.2, 0.25) is 0 Å². The molecule has 3 N–H and O–H groups in total. The van der Waals surface area contributed by atoms with E-state index in [2.05, 4.69) is 33.3 Å². The van der Waals surface area contributed by atoms with Crippen LogP contribution >= 0.6 is 15.9 Å². The number of halogens is 4. The largest absolute Gasteiger partial charge is 0.490 e. The smallest absolute Gasteiger partial charge is 0.478 e. The van der Waals surface area contributed by atoms with E-state index in [1.165, 1.54) is 11.6 Å². The van der Waals surface area contributed by atoms with Crippen LogP contribution in [0.3, 0.4) is 0 Å². The molecule has 0 aliphatic rings. The van der Waals surface area contributed by atoms with E-state index in [4.69, 9.17) is 9.90 Å². The highest BCUT2D eigenvalue weighted by molar-refractivity contribution is 9.10. The Labute approximate surface area is 231 Å². The zero-order valence-corrected chi connectivity index (χ0v) is 23.2. The molecule has 0 aliphatic carbocycles. The minimum Gasteiger partial charge on any atom is -0.478 e. The Morgan fingerprint density at radius 3 is 2.15 bits per heavy atom. The van der Waals surface area contributed by atoms with Crippen molar-refractivity contribution < 1.29 is 37.8 Å². The Morgan fingerprint density at radius 1 is 1.08 bits per heavy atom. The van der Waals surface area contributed by atoms with Crippen molar-refractivity contribution in [2.45, 2.75) is 32.9 Å². The first kappa shape index (κ1) is 31.3. The highest BCUT2D eigenvalue weighted by atomic mass is 79.9. The number of nitrogens with zero attached hydrogens (tertiary/aromatic N) is 3. The number of aliphatic carboxylic acids is 1. The molecule has 0 spiro atoms. The number of carboxylic acids is 2. The molecule has 3 aromatic rings. The summed E-state index contributed by atoms with van der Waals surface area (Å²) in [6, 6.07) is 11.9. The third kappa shape index (κ3) is 8.84. The number of carbonyl (C=O) groups excluding carboxylic acids is 1. The first-order chi connectivity index (χ1) is 18.1. The molecule has 0 saturated heterocycles. The van der Waals surface area contributed by atoms with E-state index in [9.17, 15) is 27.9 Å². The lowest BCUT2D eigenvalue weighted by atomic mass is 10.1. The summed E-state index contributed by atoms with van der Waals surface area (Å²) in [5.41, 5.74) is 5.12. The van der Waals surface area contributed by atoms with E-state index < -0.39 is 18.1 Å². The predicted octanol–water partition coefficient (Wildman–Crippen LogP) is 5.45. The van der Waals surface area contributed by atoms with Crippen molar-refractivity contribution in [2.24, 2.45) is 7.05 Å². The number of alkyl halides is 3. The summed E-state index contributed by atoms with van der Waals surface area (Å²) < 4.78 is 34.5. The second-order valence-corrected chi connectivity index (χ2v) is 9.51. The van der Waals surface area contributed by atoms with E-state index in [0.717, 1.165) is 28.7 Å². The Bertz CT molecular complexity index is 1340. The van der Waals surface area contributed by atoms with E-state index in [-0.39, 0.29) is 11.5 Å². The van der Waals surface area contributed by atoms with Gasteiger partial charge in [-0.2, -0.15) is 18.3 Å². The number of rotatable bonds is 8. The fraction of sp³-hybridized carbons (Fsp3) is 0.308. The first-order valence-electron chi connectivity index (χ1n) is 11.6. The zero-order chi connectivity index (χ0) is 29.5. The molecule has 0 atom stereocenters. The molecule has 1 aromatic heterocycles. The number of hydrogen-bond acceptors (Lipinski definition) is 5. The van der Waals surface area contributed by atoms with Crippen LogP contribution in [0.5, 0.6) is 0 Å². The number of anilines is 2. The van der Waals surface area contributed by atoms with E-state index in [1.807, 2.05) is 30.6 Å². The maximum atomic E-state index is 12.5. The summed E-state index contributed by atoms with van der Waals surface area (Å²) in [5.74, 6) is -4.09. The standard InChI is InChI=1S/C24H27BrN4O3.C2HF3O2/c1-15-20(16(2)29(4)27-15)6-5-13-28(3)22-12-11-19(14-21(22)24(31)32)26-23(30)17-7-9-18(25)10-8-17;3-2(4,5)1(6)7/h7-12,14H,5-6,13H2,1-4H3,(H,26,30)(H,31,32);(H,6,7). The van der Waals surface area contributed by atoms with Crippen molar-refractivity contribution in [3.8, 4) is 0 Å². The topological polar surface area (TPSA) is 125 Å². The quantitative estimate of drug-likeness (QED) is 0.309. The maximum Gasteiger partial charge on any atom is 0.490 e. The van der Waals surface area contributed by atoms with Gasteiger partial charge < -0.3 is 20.4 Å². The van der Waals surface area contributed by atoms with Crippen molar-refractivity contribution in [1.29, 1.82) is 0 Å². The molecule has 1 heterocycles. The van der Waals surface area contributed by atoms with Gasteiger partial charge in [-0.25, -0.2) is 9.59 Å². The molecular formula is C26H28BrF3N4O5. The molecule has 0 saturated carbocycles. The number of carbonyl (C=O) groups is 3. The minimum atomic E-state index is -5.08. The molecule has 9 nitrogen and oxygen atoms in total. The fourth-order valence-corrected chi connectivity index (χ4v) is 3.98. The summed E-state index contributed by atoms with van der Waals surface area (Å²) in [6.07, 6.45) is -3.34. The van der Waals surface area contributed by atoms with Gasteiger partial charge in [0.1, 0.15) is 0 Å². The van der Waals surface area contributed by atoms with Crippen LogP contribution < -0.4 is 10.2 Å².